The quantitative estimate of drug-likeness (QED) is 0.619. The largest absolute Gasteiger partial charge is 0.478 e. The third kappa shape index (κ3) is 2.78. The lowest BCUT2D eigenvalue weighted by atomic mass is 10.2. The minimum absolute atomic E-state index is 0.321. The summed E-state index contributed by atoms with van der Waals surface area (Å²) in [4.78, 5) is 19.8. The van der Waals surface area contributed by atoms with Crippen LogP contribution in [0.25, 0.3) is 0 Å². The van der Waals surface area contributed by atoms with E-state index >= 15 is 0 Å². The lowest BCUT2D eigenvalue weighted by Gasteiger charge is -2.05. The van der Waals surface area contributed by atoms with Gasteiger partial charge in [0.1, 0.15) is 4.90 Å². The zero-order chi connectivity index (χ0) is 13.4. The van der Waals surface area contributed by atoms with E-state index in [1.807, 2.05) is 0 Å². The maximum Gasteiger partial charge on any atom is 0.337 e. The Bertz CT molecular complexity index is 611. The van der Waals surface area contributed by atoms with E-state index in [4.69, 9.17) is 10.2 Å². The first-order valence-corrected chi connectivity index (χ1v) is 6.22. The highest BCUT2D eigenvalue weighted by Crippen LogP contribution is 2.30. The summed E-state index contributed by atoms with van der Waals surface area (Å²) in [7, 11) is -4.26. The molecular weight excluding hydrogens is 320 g/mol. The molecule has 17 heavy (non-hydrogen) atoms. The molecule has 0 unspecified atom stereocenters. The average molecular weight is 325 g/mol. The lowest BCUT2D eigenvalue weighted by molar-refractivity contribution is -0.385. The van der Waals surface area contributed by atoms with Crippen LogP contribution in [-0.2, 0) is 10.0 Å². The van der Waals surface area contributed by atoms with Gasteiger partial charge in [0, 0.05) is 12.1 Å². The first-order chi connectivity index (χ1) is 7.64. The van der Waals surface area contributed by atoms with Crippen LogP contribution in [0.15, 0.2) is 21.5 Å². The van der Waals surface area contributed by atoms with E-state index in [1.54, 1.807) is 0 Å². The molecule has 0 saturated carbocycles. The van der Waals surface area contributed by atoms with Gasteiger partial charge in [-0.05, 0) is 15.9 Å². The van der Waals surface area contributed by atoms with Crippen LogP contribution in [0.4, 0.5) is 5.69 Å². The van der Waals surface area contributed by atoms with Gasteiger partial charge in [-0.25, -0.2) is 18.4 Å². The van der Waals surface area contributed by atoms with Crippen LogP contribution in [-0.4, -0.2) is 24.4 Å². The van der Waals surface area contributed by atoms with Gasteiger partial charge in [0.2, 0.25) is 10.0 Å². The molecule has 0 amide bonds. The van der Waals surface area contributed by atoms with Gasteiger partial charge in [0.15, 0.2) is 0 Å². The molecule has 0 spiro atoms. The number of nitrogens with zero attached hydrogens (tertiary/aromatic N) is 1. The minimum Gasteiger partial charge on any atom is -0.478 e. The van der Waals surface area contributed by atoms with E-state index in [-0.39, 0.29) is 4.47 Å². The monoisotopic (exact) mass is 324 g/mol. The highest BCUT2D eigenvalue weighted by atomic mass is 79.9. The number of carboxylic acid groups (broad SMARTS) is 1. The van der Waals surface area contributed by atoms with Crippen LogP contribution in [0.1, 0.15) is 10.4 Å². The van der Waals surface area contributed by atoms with E-state index in [0.717, 1.165) is 6.07 Å². The molecule has 0 aliphatic heterocycles. The van der Waals surface area contributed by atoms with E-state index < -0.39 is 37.1 Å². The molecule has 0 heterocycles. The molecule has 10 heteroatoms. The molecule has 92 valence electrons. The fourth-order valence-corrected chi connectivity index (χ4v) is 2.77. The van der Waals surface area contributed by atoms with Crippen LogP contribution in [0.2, 0.25) is 0 Å². The van der Waals surface area contributed by atoms with Crippen molar-refractivity contribution in [1.29, 1.82) is 0 Å². The van der Waals surface area contributed by atoms with E-state index in [9.17, 15) is 23.3 Å². The van der Waals surface area contributed by atoms with Crippen molar-refractivity contribution < 1.29 is 23.2 Å². The number of sulfonamides is 1. The predicted molar refractivity (Wildman–Crippen MR) is 59.1 cm³/mol. The van der Waals surface area contributed by atoms with Crippen molar-refractivity contribution in [3.63, 3.8) is 0 Å². The highest BCUT2D eigenvalue weighted by Gasteiger charge is 2.24. The van der Waals surface area contributed by atoms with Crippen molar-refractivity contribution in [3.05, 3.63) is 32.3 Å². The van der Waals surface area contributed by atoms with Gasteiger partial charge in [-0.1, -0.05) is 0 Å². The second-order valence-electron chi connectivity index (χ2n) is 2.91. The number of nitro benzene ring substituents is 1. The second kappa shape index (κ2) is 4.39. The van der Waals surface area contributed by atoms with Crippen molar-refractivity contribution in [2.24, 2.45) is 5.14 Å². The number of aromatic carboxylic acids is 1. The maximum absolute atomic E-state index is 11.1. The Balaban J connectivity index is 3.73. The van der Waals surface area contributed by atoms with Crippen molar-refractivity contribution in [2.45, 2.75) is 4.90 Å². The molecule has 0 aliphatic carbocycles. The fraction of sp³-hybridized carbons (Fsp3) is 0. The van der Waals surface area contributed by atoms with Crippen molar-refractivity contribution in [3.8, 4) is 0 Å². The Morgan fingerprint density at radius 3 is 2.35 bits per heavy atom. The molecule has 1 rings (SSSR count). The number of halogens is 1. The fourth-order valence-electron chi connectivity index (χ4n) is 1.05. The molecule has 0 fully saturated rings. The molecule has 0 aromatic heterocycles. The Kier molecular flexibility index (Phi) is 3.50. The van der Waals surface area contributed by atoms with Gasteiger partial charge in [0.05, 0.1) is 15.0 Å². The average Bonchev–Trinajstić information content (AvgIpc) is 2.15. The van der Waals surface area contributed by atoms with Crippen LogP contribution < -0.4 is 5.14 Å². The number of benzene rings is 1. The van der Waals surface area contributed by atoms with Crippen LogP contribution in [0, 0.1) is 10.1 Å². The molecule has 0 atom stereocenters. The number of nitrogens with two attached hydrogens (primary N) is 1. The van der Waals surface area contributed by atoms with Crippen LogP contribution in [0.3, 0.4) is 0 Å². The molecule has 1 aromatic carbocycles. The Hall–Kier alpha value is -1.52. The molecule has 3 N–H and O–H groups in total. The first-order valence-electron chi connectivity index (χ1n) is 3.88. The highest BCUT2D eigenvalue weighted by molar-refractivity contribution is 9.10. The molecule has 0 bridgehead atoms. The van der Waals surface area contributed by atoms with Crippen molar-refractivity contribution in [1.82, 2.24) is 0 Å². The topological polar surface area (TPSA) is 141 Å². The number of hydrogen-bond acceptors (Lipinski definition) is 5. The van der Waals surface area contributed by atoms with Gasteiger partial charge in [0.25, 0.3) is 5.69 Å². The van der Waals surface area contributed by atoms with Crippen LogP contribution in [0.5, 0.6) is 0 Å². The molecular formula is C7H5BrN2O6S. The molecule has 8 nitrogen and oxygen atoms in total. The van der Waals surface area contributed by atoms with E-state index in [2.05, 4.69) is 15.9 Å². The van der Waals surface area contributed by atoms with Gasteiger partial charge in [-0.15, -0.1) is 0 Å². The summed E-state index contributed by atoms with van der Waals surface area (Å²) < 4.78 is 21.9. The van der Waals surface area contributed by atoms with Gasteiger partial charge in [-0.3, -0.25) is 10.1 Å². The summed E-state index contributed by atoms with van der Waals surface area (Å²) in [6, 6.07) is 1.42. The van der Waals surface area contributed by atoms with Crippen LogP contribution >= 0.6 is 15.9 Å². The lowest BCUT2D eigenvalue weighted by Crippen LogP contribution is -2.15. The smallest absolute Gasteiger partial charge is 0.337 e. The molecule has 0 saturated heterocycles. The first kappa shape index (κ1) is 13.5. The molecule has 0 aliphatic rings. The summed E-state index contributed by atoms with van der Waals surface area (Å²) in [5, 5.41) is 24.1. The van der Waals surface area contributed by atoms with Gasteiger partial charge in [-0.2, -0.15) is 0 Å². The molecule has 0 radical (unpaired) electrons. The second-order valence-corrected chi connectivity index (χ2v) is 5.24. The molecule has 1 aromatic rings. The predicted octanol–water partition coefficient (Wildman–Crippen LogP) is 0.703. The Morgan fingerprint density at radius 1 is 1.47 bits per heavy atom. The zero-order valence-corrected chi connectivity index (χ0v) is 10.4. The SMILES string of the molecule is NS(=O)(=O)c1cc([N+](=O)[O-])cc(C(=O)O)c1Br. The van der Waals surface area contributed by atoms with E-state index in [0.29, 0.717) is 6.07 Å². The van der Waals surface area contributed by atoms with E-state index in [1.165, 1.54) is 0 Å². The zero-order valence-electron chi connectivity index (χ0n) is 7.95. The maximum atomic E-state index is 11.1. The number of hydrogen-bond donors (Lipinski definition) is 2. The minimum atomic E-state index is -4.26. The summed E-state index contributed by atoms with van der Waals surface area (Å²) in [5.41, 5.74) is -1.22. The third-order valence-corrected chi connectivity index (χ3v) is 3.82. The number of nitro groups is 1. The standard InChI is InChI=1S/C7H5BrN2O6S/c8-6-4(7(11)12)1-3(10(13)14)2-5(6)17(9,15)16/h1-2H,(H,11,12)(H2,9,15,16). The number of rotatable bonds is 3. The summed E-state index contributed by atoms with van der Waals surface area (Å²) in [5.74, 6) is -1.51. The summed E-state index contributed by atoms with van der Waals surface area (Å²) in [6.07, 6.45) is 0. The summed E-state index contributed by atoms with van der Waals surface area (Å²) >= 11 is 2.74. The van der Waals surface area contributed by atoms with Gasteiger partial charge >= 0.3 is 5.97 Å². The Labute approximate surface area is 103 Å². The van der Waals surface area contributed by atoms with Crippen molar-refractivity contribution >= 4 is 37.6 Å². The Morgan fingerprint density at radius 2 is 2.00 bits per heavy atom. The number of non-ortho nitro benzene ring substituents is 1. The summed E-state index contributed by atoms with van der Waals surface area (Å²) in [6.45, 7) is 0. The van der Waals surface area contributed by atoms with Crippen molar-refractivity contribution in [2.75, 3.05) is 0 Å². The number of carboxylic acids is 1. The normalized spacial score (nSPS) is 11.2. The number of carbonyl (C=O) groups is 1. The van der Waals surface area contributed by atoms with Gasteiger partial charge < -0.3 is 5.11 Å². The third-order valence-electron chi connectivity index (χ3n) is 1.77. The number of primary sulfonamides is 1.